The average molecular weight is 277 g/mol. The van der Waals surface area contributed by atoms with Gasteiger partial charge in [0.25, 0.3) is 0 Å². The second kappa shape index (κ2) is 6.42. The van der Waals surface area contributed by atoms with Crippen molar-refractivity contribution in [3.63, 3.8) is 0 Å². The van der Waals surface area contributed by atoms with Gasteiger partial charge in [-0.15, -0.1) is 0 Å². The van der Waals surface area contributed by atoms with E-state index < -0.39 is 0 Å². The Hall–Kier alpha value is -2.32. The highest BCUT2D eigenvalue weighted by molar-refractivity contribution is 5.88. The summed E-state index contributed by atoms with van der Waals surface area (Å²) in [5, 5.41) is 5.67. The molecular weight excluding hydrogens is 258 g/mol. The number of hydrogen-bond acceptors (Lipinski definition) is 2. The molecule has 0 aromatic heterocycles. The molecule has 0 aliphatic heterocycles. The van der Waals surface area contributed by atoms with Crippen molar-refractivity contribution in [2.75, 3.05) is 13.7 Å². The summed E-state index contributed by atoms with van der Waals surface area (Å²) in [5.41, 5.74) is 1.24. The van der Waals surface area contributed by atoms with Crippen LogP contribution in [-0.4, -0.2) is 13.7 Å². The number of benzene rings is 3. The van der Waals surface area contributed by atoms with Gasteiger partial charge in [-0.3, -0.25) is 0 Å². The van der Waals surface area contributed by atoms with E-state index in [-0.39, 0.29) is 6.04 Å². The summed E-state index contributed by atoms with van der Waals surface area (Å²) >= 11 is 0. The number of hydrogen-bond donors (Lipinski definition) is 1. The van der Waals surface area contributed by atoms with Crippen molar-refractivity contribution in [3.05, 3.63) is 78.4 Å². The van der Waals surface area contributed by atoms with Crippen LogP contribution in [0.5, 0.6) is 5.75 Å². The van der Waals surface area contributed by atoms with Gasteiger partial charge < -0.3 is 10.1 Å². The van der Waals surface area contributed by atoms with Crippen LogP contribution < -0.4 is 10.1 Å². The van der Waals surface area contributed by atoms with E-state index in [2.05, 4.69) is 47.8 Å². The van der Waals surface area contributed by atoms with E-state index in [0.717, 1.165) is 11.1 Å². The Bertz CT molecular complexity index is 704. The van der Waals surface area contributed by atoms with Crippen LogP contribution in [0, 0.1) is 0 Å². The zero-order valence-electron chi connectivity index (χ0n) is 12.1. The largest absolute Gasteiger partial charge is 0.491 e. The molecule has 0 amide bonds. The van der Waals surface area contributed by atoms with Gasteiger partial charge in [0.05, 0.1) is 6.04 Å². The van der Waals surface area contributed by atoms with Gasteiger partial charge in [0.1, 0.15) is 12.4 Å². The van der Waals surface area contributed by atoms with E-state index >= 15 is 0 Å². The number of likely N-dealkylation sites (N-methyl/N-ethyl adjacent to an activating group) is 1. The molecule has 21 heavy (non-hydrogen) atoms. The van der Waals surface area contributed by atoms with Crippen LogP contribution in [0.15, 0.2) is 72.8 Å². The molecule has 1 unspecified atom stereocenters. The summed E-state index contributed by atoms with van der Waals surface area (Å²) in [6.45, 7) is 0.606. The smallest absolute Gasteiger partial charge is 0.127 e. The molecule has 0 spiro atoms. The molecule has 2 heteroatoms. The molecular formula is C19H19NO. The fourth-order valence-electron chi connectivity index (χ4n) is 2.53. The molecule has 0 aliphatic rings. The molecule has 0 heterocycles. The third kappa shape index (κ3) is 3.06. The van der Waals surface area contributed by atoms with Crippen molar-refractivity contribution in [2.24, 2.45) is 0 Å². The second-order valence-electron chi connectivity index (χ2n) is 5.04. The average Bonchev–Trinajstić information content (AvgIpc) is 2.56. The molecule has 2 nitrogen and oxygen atoms in total. The first-order valence-corrected chi connectivity index (χ1v) is 7.21. The highest BCUT2D eigenvalue weighted by Crippen LogP contribution is 2.26. The van der Waals surface area contributed by atoms with Gasteiger partial charge in [-0.2, -0.15) is 0 Å². The van der Waals surface area contributed by atoms with E-state index in [1.165, 1.54) is 10.9 Å². The minimum absolute atomic E-state index is 0.185. The van der Waals surface area contributed by atoms with Crippen LogP contribution in [0.3, 0.4) is 0 Å². The van der Waals surface area contributed by atoms with Crippen LogP contribution in [-0.2, 0) is 0 Å². The minimum Gasteiger partial charge on any atom is -0.491 e. The third-order valence-electron chi connectivity index (χ3n) is 3.71. The molecule has 0 saturated carbocycles. The molecule has 0 fully saturated rings. The molecule has 1 N–H and O–H groups in total. The zero-order chi connectivity index (χ0) is 14.5. The molecule has 106 valence electrons. The molecule has 0 radical (unpaired) electrons. The van der Waals surface area contributed by atoms with Crippen molar-refractivity contribution >= 4 is 10.8 Å². The second-order valence-corrected chi connectivity index (χ2v) is 5.04. The fraction of sp³-hybridized carbons (Fsp3) is 0.158. The van der Waals surface area contributed by atoms with Crippen molar-refractivity contribution in [2.45, 2.75) is 6.04 Å². The Kier molecular flexibility index (Phi) is 4.17. The fourth-order valence-corrected chi connectivity index (χ4v) is 2.53. The van der Waals surface area contributed by atoms with E-state index in [1.54, 1.807) is 0 Å². The zero-order valence-corrected chi connectivity index (χ0v) is 12.1. The monoisotopic (exact) mass is 277 g/mol. The van der Waals surface area contributed by atoms with Gasteiger partial charge in [0.2, 0.25) is 0 Å². The molecule has 0 saturated heterocycles. The predicted octanol–water partition coefficient (Wildman–Crippen LogP) is 4.18. The maximum absolute atomic E-state index is 6.06. The first kappa shape index (κ1) is 13.7. The maximum Gasteiger partial charge on any atom is 0.127 e. The van der Waals surface area contributed by atoms with E-state index in [0.29, 0.717) is 6.61 Å². The topological polar surface area (TPSA) is 21.3 Å². The summed E-state index contributed by atoms with van der Waals surface area (Å²) in [6.07, 6.45) is 0. The van der Waals surface area contributed by atoms with E-state index in [9.17, 15) is 0 Å². The van der Waals surface area contributed by atoms with Gasteiger partial charge in [0.15, 0.2) is 0 Å². The van der Waals surface area contributed by atoms with Crippen molar-refractivity contribution in [3.8, 4) is 5.75 Å². The Morgan fingerprint density at radius 2 is 1.57 bits per heavy atom. The lowest BCUT2D eigenvalue weighted by Crippen LogP contribution is -2.23. The SMILES string of the molecule is CNC(COc1cccc2ccccc12)c1ccccc1. The number of nitrogens with one attached hydrogen (secondary N) is 1. The lowest BCUT2D eigenvalue weighted by Gasteiger charge is -2.18. The quantitative estimate of drug-likeness (QED) is 0.755. The summed E-state index contributed by atoms with van der Waals surface area (Å²) in [4.78, 5) is 0. The van der Waals surface area contributed by atoms with Crippen LogP contribution in [0.1, 0.15) is 11.6 Å². The first-order chi connectivity index (χ1) is 10.4. The highest BCUT2D eigenvalue weighted by Gasteiger charge is 2.10. The van der Waals surface area contributed by atoms with Crippen molar-refractivity contribution < 1.29 is 4.74 Å². The Balaban J connectivity index is 1.79. The van der Waals surface area contributed by atoms with Gasteiger partial charge in [0, 0.05) is 5.39 Å². The summed E-state index contributed by atoms with van der Waals surface area (Å²) in [5.74, 6) is 0.935. The van der Waals surface area contributed by atoms with Gasteiger partial charge in [-0.1, -0.05) is 66.7 Å². The Morgan fingerprint density at radius 1 is 0.857 bits per heavy atom. The molecule has 3 rings (SSSR count). The number of ether oxygens (including phenoxy) is 1. The summed E-state index contributed by atoms with van der Waals surface area (Å²) < 4.78 is 6.06. The molecule has 3 aromatic rings. The summed E-state index contributed by atoms with van der Waals surface area (Å²) in [7, 11) is 1.96. The van der Waals surface area contributed by atoms with E-state index in [1.807, 2.05) is 37.4 Å². The standard InChI is InChI=1S/C19H19NO/c1-20-18(16-9-3-2-4-10-16)14-21-19-13-7-11-15-8-5-6-12-17(15)19/h2-13,18,20H,14H2,1H3. The first-order valence-electron chi connectivity index (χ1n) is 7.21. The van der Waals surface area contributed by atoms with Crippen LogP contribution in [0.2, 0.25) is 0 Å². The lowest BCUT2D eigenvalue weighted by molar-refractivity contribution is 0.276. The van der Waals surface area contributed by atoms with Gasteiger partial charge in [-0.25, -0.2) is 0 Å². The lowest BCUT2D eigenvalue weighted by atomic mass is 10.1. The maximum atomic E-state index is 6.06. The summed E-state index contributed by atoms with van der Waals surface area (Å²) in [6, 6.07) is 25.0. The Morgan fingerprint density at radius 3 is 2.38 bits per heavy atom. The normalized spacial score (nSPS) is 12.2. The highest BCUT2D eigenvalue weighted by atomic mass is 16.5. The van der Waals surface area contributed by atoms with E-state index in [4.69, 9.17) is 4.74 Å². The van der Waals surface area contributed by atoms with Crippen molar-refractivity contribution in [1.29, 1.82) is 0 Å². The predicted molar refractivity (Wildman–Crippen MR) is 87.7 cm³/mol. The van der Waals surface area contributed by atoms with Gasteiger partial charge in [-0.05, 0) is 24.1 Å². The van der Waals surface area contributed by atoms with Crippen LogP contribution in [0.4, 0.5) is 0 Å². The molecule has 3 aromatic carbocycles. The Labute approximate surface area is 125 Å². The molecule has 0 aliphatic carbocycles. The minimum atomic E-state index is 0.185. The van der Waals surface area contributed by atoms with Crippen LogP contribution >= 0.6 is 0 Å². The molecule has 0 bridgehead atoms. The van der Waals surface area contributed by atoms with Crippen LogP contribution in [0.25, 0.3) is 10.8 Å². The third-order valence-corrected chi connectivity index (χ3v) is 3.71. The van der Waals surface area contributed by atoms with Crippen molar-refractivity contribution in [1.82, 2.24) is 5.32 Å². The number of fused-ring (bicyclic) bond motifs is 1. The van der Waals surface area contributed by atoms with Gasteiger partial charge >= 0.3 is 0 Å². The molecule has 1 atom stereocenters. The number of rotatable bonds is 5.